The van der Waals surface area contributed by atoms with Crippen molar-refractivity contribution in [2.75, 3.05) is 19.3 Å². The van der Waals surface area contributed by atoms with Gasteiger partial charge in [-0.15, -0.1) is 0 Å². The Kier molecular flexibility index (Phi) is 2.19. The maximum Gasteiger partial charge on any atom is 0.0793 e. The van der Waals surface area contributed by atoms with Gasteiger partial charge in [-0.25, -0.2) is 0 Å². The molecule has 0 radical (unpaired) electrons. The van der Waals surface area contributed by atoms with Crippen molar-refractivity contribution in [2.24, 2.45) is 0 Å². The Morgan fingerprint density at radius 1 is 1.38 bits per heavy atom. The maximum atomic E-state index is 10.0. The van der Waals surface area contributed by atoms with Crippen LogP contribution in [0, 0.1) is 0 Å². The Bertz CT molecular complexity index is 430. The van der Waals surface area contributed by atoms with Crippen molar-refractivity contribution in [1.29, 1.82) is 0 Å². The Labute approximate surface area is 95.9 Å². The number of aliphatic hydroxyl groups is 1. The number of anilines is 1. The standard InChI is InChI=1S/C13H18N2O/c1-15-6-8-2-3-12(16)11-5-10(14)4-9(7-15)13(8)11/h4-5,8,12,16H,2-3,6-7,14H2,1H3. The number of rotatable bonds is 0. The Hall–Kier alpha value is -1.06. The van der Waals surface area contributed by atoms with Crippen molar-refractivity contribution in [3.05, 3.63) is 28.8 Å². The molecule has 1 aromatic rings. The summed E-state index contributed by atoms with van der Waals surface area (Å²) in [5.74, 6) is 0.591. The Morgan fingerprint density at radius 3 is 3.00 bits per heavy atom. The minimum absolute atomic E-state index is 0.308. The molecule has 16 heavy (non-hydrogen) atoms. The topological polar surface area (TPSA) is 49.5 Å². The minimum Gasteiger partial charge on any atom is -0.399 e. The smallest absolute Gasteiger partial charge is 0.0793 e. The van der Waals surface area contributed by atoms with E-state index < -0.39 is 0 Å². The van der Waals surface area contributed by atoms with Gasteiger partial charge in [0.25, 0.3) is 0 Å². The first-order valence-corrected chi connectivity index (χ1v) is 5.94. The van der Waals surface area contributed by atoms with Gasteiger partial charge in [0.2, 0.25) is 0 Å². The van der Waals surface area contributed by atoms with Crippen LogP contribution in [0.2, 0.25) is 0 Å². The molecule has 0 saturated carbocycles. The number of likely N-dealkylation sites (N-methyl/N-ethyl adjacent to an activating group) is 1. The van der Waals surface area contributed by atoms with Gasteiger partial charge in [0.05, 0.1) is 6.10 Å². The van der Waals surface area contributed by atoms with Gasteiger partial charge in [-0.2, -0.15) is 0 Å². The summed E-state index contributed by atoms with van der Waals surface area (Å²) >= 11 is 0. The molecule has 3 heteroatoms. The summed E-state index contributed by atoms with van der Waals surface area (Å²) in [6.07, 6.45) is 1.65. The first kappa shape index (κ1) is 10.1. The average Bonchev–Trinajstić information content (AvgIpc) is 2.22. The monoisotopic (exact) mass is 218 g/mol. The molecule has 2 aliphatic rings. The molecular weight excluding hydrogens is 200 g/mol. The third kappa shape index (κ3) is 1.43. The zero-order valence-corrected chi connectivity index (χ0v) is 9.61. The van der Waals surface area contributed by atoms with Gasteiger partial charge in [0, 0.05) is 18.8 Å². The maximum absolute atomic E-state index is 10.0. The van der Waals surface area contributed by atoms with Crippen molar-refractivity contribution < 1.29 is 5.11 Å². The first-order chi connectivity index (χ1) is 7.65. The zero-order chi connectivity index (χ0) is 11.3. The lowest BCUT2D eigenvalue weighted by Crippen LogP contribution is -2.33. The molecule has 1 aliphatic heterocycles. The molecule has 3 N–H and O–H groups in total. The summed E-state index contributed by atoms with van der Waals surface area (Å²) in [6.45, 7) is 2.06. The highest BCUT2D eigenvalue weighted by atomic mass is 16.3. The number of nitrogen functional groups attached to an aromatic ring is 1. The summed E-state index contributed by atoms with van der Waals surface area (Å²) in [7, 11) is 2.15. The fourth-order valence-electron chi connectivity index (χ4n) is 3.24. The highest BCUT2D eigenvalue weighted by Gasteiger charge is 2.32. The van der Waals surface area contributed by atoms with Gasteiger partial charge in [-0.3, -0.25) is 0 Å². The second-order valence-electron chi connectivity index (χ2n) is 5.17. The lowest BCUT2D eigenvalue weighted by Gasteiger charge is -2.38. The molecule has 3 nitrogen and oxygen atoms in total. The number of nitrogens with two attached hydrogens (primary N) is 1. The number of nitrogens with zero attached hydrogens (tertiary/aromatic N) is 1. The number of hydrogen-bond acceptors (Lipinski definition) is 3. The van der Waals surface area contributed by atoms with Crippen LogP contribution in [0.3, 0.4) is 0 Å². The SMILES string of the molecule is CN1Cc2cc(N)cc3c2C(CCC3O)C1. The van der Waals surface area contributed by atoms with Gasteiger partial charge in [0.1, 0.15) is 0 Å². The van der Waals surface area contributed by atoms with E-state index in [1.807, 2.05) is 6.07 Å². The first-order valence-electron chi connectivity index (χ1n) is 5.94. The van der Waals surface area contributed by atoms with Crippen LogP contribution in [0.15, 0.2) is 12.1 Å². The number of hydrogen-bond donors (Lipinski definition) is 2. The molecule has 0 saturated heterocycles. The van der Waals surface area contributed by atoms with E-state index in [0.29, 0.717) is 5.92 Å². The quantitative estimate of drug-likeness (QED) is 0.651. The molecule has 86 valence electrons. The third-order valence-corrected chi connectivity index (χ3v) is 3.85. The number of aliphatic hydroxyl groups excluding tert-OH is 1. The highest BCUT2D eigenvalue weighted by molar-refractivity contribution is 5.53. The van der Waals surface area contributed by atoms with Crippen LogP contribution in [0.1, 0.15) is 41.6 Å². The summed E-state index contributed by atoms with van der Waals surface area (Å²) in [5, 5.41) is 10.0. The largest absolute Gasteiger partial charge is 0.399 e. The molecule has 0 fully saturated rings. The highest BCUT2D eigenvalue weighted by Crippen LogP contribution is 2.43. The van der Waals surface area contributed by atoms with Crippen LogP contribution in [0.4, 0.5) is 5.69 Å². The molecule has 3 rings (SSSR count). The van der Waals surface area contributed by atoms with Crippen molar-refractivity contribution >= 4 is 5.69 Å². The molecule has 0 aromatic heterocycles. The summed E-state index contributed by atoms with van der Waals surface area (Å²) in [5.41, 5.74) is 10.5. The van der Waals surface area contributed by atoms with Crippen LogP contribution in [0.5, 0.6) is 0 Å². The molecule has 2 unspecified atom stereocenters. The van der Waals surface area contributed by atoms with Crippen LogP contribution in [-0.4, -0.2) is 23.6 Å². The van der Waals surface area contributed by atoms with Crippen LogP contribution in [-0.2, 0) is 6.54 Å². The van der Waals surface area contributed by atoms with Crippen molar-refractivity contribution in [1.82, 2.24) is 4.90 Å². The minimum atomic E-state index is -0.308. The van der Waals surface area contributed by atoms with Crippen molar-refractivity contribution in [2.45, 2.75) is 31.4 Å². The molecule has 1 heterocycles. The lowest BCUT2D eigenvalue weighted by molar-refractivity contribution is 0.139. The van der Waals surface area contributed by atoms with Crippen molar-refractivity contribution in [3.63, 3.8) is 0 Å². The molecular formula is C13H18N2O. The van der Waals surface area contributed by atoms with E-state index in [4.69, 9.17) is 5.73 Å². The van der Waals surface area contributed by atoms with Crippen LogP contribution < -0.4 is 5.73 Å². The predicted molar refractivity (Wildman–Crippen MR) is 64.1 cm³/mol. The van der Waals surface area contributed by atoms with Gasteiger partial charge >= 0.3 is 0 Å². The molecule has 0 bridgehead atoms. The predicted octanol–water partition coefficient (Wildman–Crippen LogP) is 1.62. The normalized spacial score (nSPS) is 28.9. The molecule has 1 aliphatic carbocycles. The van der Waals surface area contributed by atoms with Gasteiger partial charge < -0.3 is 15.7 Å². The number of benzene rings is 1. The lowest BCUT2D eigenvalue weighted by atomic mass is 9.76. The molecule has 0 amide bonds. The summed E-state index contributed by atoms with van der Waals surface area (Å²) in [4.78, 5) is 2.34. The van der Waals surface area contributed by atoms with Gasteiger partial charge in [-0.05, 0) is 54.6 Å². The average molecular weight is 218 g/mol. The van der Waals surface area contributed by atoms with Crippen LogP contribution in [0.25, 0.3) is 0 Å². The van der Waals surface area contributed by atoms with Crippen LogP contribution >= 0.6 is 0 Å². The van der Waals surface area contributed by atoms with Gasteiger partial charge in [0.15, 0.2) is 0 Å². The van der Waals surface area contributed by atoms with E-state index >= 15 is 0 Å². The fourth-order valence-corrected chi connectivity index (χ4v) is 3.24. The van der Waals surface area contributed by atoms with E-state index in [2.05, 4.69) is 18.0 Å². The van der Waals surface area contributed by atoms with E-state index in [9.17, 15) is 5.11 Å². The summed E-state index contributed by atoms with van der Waals surface area (Å²) in [6, 6.07) is 4.03. The Morgan fingerprint density at radius 2 is 2.19 bits per heavy atom. The zero-order valence-electron chi connectivity index (χ0n) is 9.61. The molecule has 0 spiro atoms. The van der Waals surface area contributed by atoms with E-state index in [1.54, 1.807) is 0 Å². The second-order valence-corrected chi connectivity index (χ2v) is 5.17. The molecule has 1 aromatic carbocycles. The fraction of sp³-hybridized carbons (Fsp3) is 0.538. The van der Waals surface area contributed by atoms with E-state index in [-0.39, 0.29) is 6.10 Å². The van der Waals surface area contributed by atoms with Crippen molar-refractivity contribution in [3.8, 4) is 0 Å². The van der Waals surface area contributed by atoms with E-state index in [0.717, 1.165) is 37.2 Å². The molecule has 2 atom stereocenters. The summed E-state index contributed by atoms with van der Waals surface area (Å²) < 4.78 is 0. The Balaban J connectivity index is 2.18. The van der Waals surface area contributed by atoms with Gasteiger partial charge in [-0.1, -0.05) is 0 Å². The van der Waals surface area contributed by atoms with E-state index in [1.165, 1.54) is 11.1 Å². The third-order valence-electron chi connectivity index (χ3n) is 3.85. The second kappa shape index (κ2) is 3.47.